The molecule has 1 aliphatic rings. The summed E-state index contributed by atoms with van der Waals surface area (Å²) < 4.78 is 5.80. The molecule has 3 rings (SSSR count). The van der Waals surface area contributed by atoms with E-state index in [2.05, 4.69) is 20.3 Å². The topological polar surface area (TPSA) is 100 Å². The third-order valence-electron chi connectivity index (χ3n) is 3.98. The van der Waals surface area contributed by atoms with E-state index in [1.165, 1.54) is 6.08 Å². The highest BCUT2D eigenvalue weighted by molar-refractivity contribution is 5.91. The van der Waals surface area contributed by atoms with Gasteiger partial charge in [0.25, 0.3) is 0 Å². The third-order valence-corrected chi connectivity index (χ3v) is 3.98. The zero-order valence-corrected chi connectivity index (χ0v) is 13.1. The third kappa shape index (κ3) is 4.20. The molecule has 0 saturated heterocycles. The maximum atomic E-state index is 12.0. The number of aromatic amines is 1. The fourth-order valence-corrected chi connectivity index (χ4v) is 2.77. The van der Waals surface area contributed by atoms with E-state index >= 15 is 0 Å². The number of imidazole rings is 1. The molecule has 0 spiro atoms. The van der Waals surface area contributed by atoms with Crippen LogP contribution in [0.5, 0.6) is 5.75 Å². The number of hydrogen-bond donors (Lipinski definition) is 3. The maximum Gasteiger partial charge on any atom is 0.244 e. The molecule has 3 atom stereocenters. The van der Waals surface area contributed by atoms with Gasteiger partial charge in [-0.15, -0.1) is 0 Å². The van der Waals surface area contributed by atoms with Gasteiger partial charge in [-0.2, -0.15) is 0 Å². The zero-order valence-electron chi connectivity index (χ0n) is 13.1. The van der Waals surface area contributed by atoms with Crippen LogP contribution in [0.1, 0.15) is 25.0 Å². The molecule has 0 bridgehead atoms. The first-order valence-corrected chi connectivity index (χ1v) is 7.94. The molecular weight excluding hydrogens is 308 g/mol. The summed E-state index contributed by atoms with van der Waals surface area (Å²) in [6, 6.07) is 3.25. The van der Waals surface area contributed by atoms with Gasteiger partial charge in [0.2, 0.25) is 5.91 Å². The summed E-state index contributed by atoms with van der Waals surface area (Å²) in [7, 11) is 0. The molecule has 1 amide bonds. The number of nitrogens with zero attached hydrogens (tertiary/aromatic N) is 2. The van der Waals surface area contributed by atoms with Crippen molar-refractivity contribution in [2.24, 2.45) is 0 Å². The second kappa shape index (κ2) is 7.74. The molecule has 3 N–H and O–H groups in total. The van der Waals surface area contributed by atoms with Gasteiger partial charge < -0.3 is 20.1 Å². The van der Waals surface area contributed by atoms with Gasteiger partial charge in [-0.1, -0.05) is 0 Å². The lowest BCUT2D eigenvalue weighted by molar-refractivity contribution is -0.119. The molecule has 7 nitrogen and oxygen atoms in total. The minimum Gasteiger partial charge on any atom is -0.486 e. The van der Waals surface area contributed by atoms with Crippen molar-refractivity contribution in [1.82, 2.24) is 20.3 Å². The summed E-state index contributed by atoms with van der Waals surface area (Å²) in [5.74, 6) is 0.364. The van der Waals surface area contributed by atoms with Crippen molar-refractivity contribution in [3.8, 4) is 5.75 Å². The summed E-state index contributed by atoms with van der Waals surface area (Å²) in [5.41, 5.74) is 0.743. The number of H-pyrrole nitrogens is 1. The lowest BCUT2D eigenvalue weighted by Gasteiger charge is -2.35. The van der Waals surface area contributed by atoms with Gasteiger partial charge in [-0.3, -0.25) is 9.78 Å². The van der Waals surface area contributed by atoms with Crippen molar-refractivity contribution in [1.29, 1.82) is 0 Å². The Labute approximate surface area is 139 Å². The van der Waals surface area contributed by atoms with Crippen LogP contribution in [0.2, 0.25) is 0 Å². The largest absolute Gasteiger partial charge is 0.486 e. The molecule has 0 aromatic carbocycles. The fourth-order valence-electron chi connectivity index (χ4n) is 2.77. The number of carbonyl (C=O) groups excluding carboxylic acids is 1. The first-order valence-electron chi connectivity index (χ1n) is 7.94. The predicted molar refractivity (Wildman–Crippen MR) is 88.1 cm³/mol. The van der Waals surface area contributed by atoms with Crippen LogP contribution in [-0.2, 0) is 4.79 Å². The minimum atomic E-state index is -0.761. The van der Waals surface area contributed by atoms with Crippen molar-refractivity contribution >= 4 is 12.0 Å². The van der Waals surface area contributed by atoms with E-state index in [1.54, 1.807) is 43.1 Å². The van der Waals surface area contributed by atoms with Crippen molar-refractivity contribution in [3.05, 3.63) is 48.8 Å². The van der Waals surface area contributed by atoms with Crippen molar-refractivity contribution in [2.45, 2.75) is 37.5 Å². The van der Waals surface area contributed by atoms with E-state index in [-0.39, 0.29) is 18.1 Å². The van der Waals surface area contributed by atoms with Crippen LogP contribution in [0.4, 0.5) is 0 Å². The van der Waals surface area contributed by atoms with E-state index in [9.17, 15) is 9.90 Å². The molecule has 2 aromatic rings. The number of aromatic nitrogens is 3. The molecule has 2 heterocycles. The monoisotopic (exact) mass is 328 g/mol. The van der Waals surface area contributed by atoms with Gasteiger partial charge in [0.05, 0.1) is 30.5 Å². The number of hydrogen-bond acceptors (Lipinski definition) is 5. The van der Waals surface area contributed by atoms with E-state index in [1.807, 2.05) is 0 Å². The average molecular weight is 328 g/mol. The molecule has 1 aliphatic carbocycles. The summed E-state index contributed by atoms with van der Waals surface area (Å²) in [4.78, 5) is 22.8. The van der Waals surface area contributed by atoms with Gasteiger partial charge in [-0.25, -0.2) is 4.98 Å². The van der Waals surface area contributed by atoms with E-state index < -0.39 is 6.10 Å². The average Bonchev–Trinajstić information content (AvgIpc) is 3.11. The normalized spacial score (nSPS) is 24.0. The van der Waals surface area contributed by atoms with Crippen LogP contribution in [0.15, 0.2) is 43.1 Å². The standard InChI is InChI=1S/C17H20N4O3/c22-16(7-6-12-9-19-11-20-12)21-14-4-1-5-15(17(14)23)24-13-3-2-8-18-10-13/h2-3,6-11,14-15,17,23H,1,4-5H2,(H,19,20)(H,21,22)/b7-6+/t14-,15-,17-/m1/s1. The van der Waals surface area contributed by atoms with Crippen molar-refractivity contribution < 1.29 is 14.6 Å². The summed E-state index contributed by atoms with van der Waals surface area (Å²) >= 11 is 0. The van der Waals surface area contributed by atoms with Gasteiger partial charge in [0, 0.05) is 12.3 Å². The number of aliphatic hydroxyl groups is 1. The van der Waals surface area contributed by atoms with Crippen LogP contribution in [0, 0.1) is 0 Å². The Bertz CT molecular complexity index is 672. The number of nitrogens with one attached hydrogen (secondary N) is 2. The van der Waals surface area contributed by atoms with Crippen LogP contribution >= 0.6 is 0 Å². The number of pyridine rings is 1. The first-order chi connectivity index (χ1) is 11.7. The molecule has 0 radical (unpaired) electrons. The van der Waals surface area contributed by atoms with E-state index in [0.29, 0.717) is 5.75 Å². The molecule has 24 heavy (non-hydrogen) atoms. The molecular formula is C17H20N4O3. The van der Waals surface area contributed by atoms with E-state index in [0.717, 1.165) is 25.0 Å². The molecule has 0 unspecified atom stereocenters. The highest BCUT2D eigenvalue weighted by Gasteiger charge is 2.34. The lowest BCUT2D eigenvalue weighted by atomic mass is 9.90. The van der Waals surface area contributed by atoms with E-state index in [4.69, 9.17) is 4.74 Å². The van der Waals surface area contributed by atoms with Crippen LogP contribution < -0.4 is 10.1 Å². The Balaban J connectivity index is 1.56. The number of aliphatic hydroxyl groups excluding tert-OH is 1. The van der Waals surface area contributed by atoms with Gasteiger partial charge in [0.15, 0.2) is 0 Å². The maximum absolute atomic E-state index is 12.0. The summed E-state index contributed by atoms with van der Waals surface area (Å²) in [5, 5.41) is 13.3. The van der Waals surface area contributed by atoms with Gasteiger partial charge in [-0.05, 0) is 37.5 Å². The van der Waals surface area contributed by atoms with Crippen molar-refractivity contribution in [3.63, 3.8) is 0 Å². The Hall–Kier alpha value is -2.67. The molecule has 126 valence electrons. The molecule has 1 fully saturated rings. The van der Waals surface area contributed by atoms with Crippen LogP contribution in [-0.4, -0.2) is 44.2 Å². The Morgan fingerprint density at radius 3 is 3.04 bits per heavy atom. The number of carbonyl (C=O) groups is 1. The molecule has 1 saturated carbocycles. The van der Waals surface area contributed by atoms with Crippen LogP contribution in [0.3, 0.4) is 0 Å². The smallest absolute Gasteiger partial charge is 0.244 e. The second-order valence-corrected chi connectivity index (χ2v) is 5.72. The predicted octanol–water partition coefficient (Wildman–Crippen LogP) is 1.30. The van der Waals surface area contributed by atoms with Crippen LogP contribution in [0.25, 0.3) is 6.08 Å². The van der Waals surface area contributed by atoms with Gasteiger partial charge in [0.1, 0.15) is 18.0 Å². The highest BCUT2D eigenvalue weighted by atomic mass is 16.5. The fraction of sp³-hybridized carbons (Fsp3) is 0.353. The Morgan fingerprint density at radius 2 is 2.29 bits per heavy atom. The number of rotatable bonds is 5. The highest BCUT2D eigenvalue weighted by Crippen LogP contribution is 2.24. The Kier molecular flexibility index (Phi) is 5.22. The quantitative estimate of drug-likeness (QED) is 0.718. The van der Waals surface area contributed by atoms with Gasteiger partial charge >= 0.3 is 0 Å². The lowest BCUT2D eigenvalue weighted by Crippen LogP contribution is -2.52. The number of ether oxygens (including phenoxy) is 1. The minimum absolute atomic E-state index is 0.254. The first kappa shape index (κ1) is 16.2. The molecule has 0 aliphatic heterocycles. The van der Waals surface area contributed by atoms with Crippen molar-refractivity contribution in [2.75, 3.05) is 0 Å². The number of amides is 1. The Morgan fingerprint density at radius 1 is 1.38 bits per heavy atom. The zero-order chi connectivity index (χ0) is 16.8. The SMILES string of the molecule is O=C(/C=C/c1cnc[nH]1)N[C@@H]1CCC[C@@H](Oc2cccnc2)[C@@H]1O. The summed E-state index contributed by atoms with van der Waals surface area (Å²) in [6.07, 6.45) is 10.7. The summed E-state index contributed by atoms with van der Waals surface area (Å²) in [6.45, 7) is 0. The second-order valence-electron chi connectivity index (χ2n) is 5.72. The molecule has 7 heteroatoms. The molecule has 2 aromatic heterocycles.